The van der Waals surface area contributed by atoms with Crippen molar-refractivity contribution in [3.05, 3.63) is 83.8 Å². The molecule has 7 nitrogen and oxygen atoms in total. The molecule has 0 saturated heterocycles. The average molecular weight is 485 g/mol. The number of aromatic nitrogens is 1. The maximum Gasteiger partial charge on any atom is 0.268 e. The van der Waals surface area contributed by atoms with Crippen LogP contribution in [0.4, 0.5) is 4.39 Å². The molecule has 0 atom stereocenters. The van der Waals surface area contributed by atoms with Gasteiger partial charge in [-0.15, -0.1) is 0 Å². The van der Waals surface area contributed by atoms with Crippen molar-refractivity contribution >= 4 is 30.8 Å². The van der Waals surface area contributed by atoms with E-state index in [1.807, 2.05) is 13.0 Å². The fourth-order valence-electron chi connectivity index (χ4n) is 3.42. The van der Waals surface area contributed by atoms with Crippen molar-refractivity contribution in [2.75, 3.05) is 6.26 Å². The van der Waals surface area contributed by atoms with Crippen molar-refractivity contribution < 1.29 is 26.0 Å². The fourth-order valence-corrected chi connectivity index (χ4v) is 5.81. The topological polar surface area (TPSA) is 106 Å². The van der Waals surface area contributed by atoms with Gasteiger partial charge in [-0.3, -0.25) is 0 Å². The summed E-state index contributed by atoms with van der Waals surface area (Å²) >= 11 is 0. The Labute approximate surface area is 190 Å². The van der Waals surface area contributed by atoms with Gasteiger partial charge in [-0.25, -0.2) is 25.2 Å². The molecule has 3 aromatic carbocycles. The molecule has 0 spiro atoms. The van der Waals surface area contributed by atoms with Gasteiger partial charge in [0.25, 0.3) is 10.0 Å². The number of sulfone groups is 1. The highest BCUT2D eigenvalue weighted by molar-refractivity contribution is 7.91. The van der Waals surface area contributed by atoms with Crippen LogP contribution >= 0.6 is 0 Å². The summed E-state index contributed by atoms with van der Waals surface area (Å²) in [5.74, 6) is -1.58. The smallest absolute Gasteiger partial charge is 0.268 e. The molecule has 10 heteroatoms. The lowest BCUT2D eigenvalue weighted by Gasteiger charge is -2.14. The Bertz CT molecular complexity index is 1650. The standard InChI is InChI=1S/C23H17FN2O5S2/c1-15-6-8-18(9-7-15)33(29,30)26-11-10-19-21(26)13-20(24)22(23(19)32(2,27)28)31-17-5-3-4-16(12-17)14-25/h3-13H,1-2H3. The van der Waals surface area contributed by atoms with Crippen molar-refractivity contribution in [2.45, 2.75) is 16.7 Å². The molecule has 1 aromatic heterocycles. The van der Waals surface area contributed by atoms with Crippen LogP contribution in [-0.4, -0.2) is 27.1 Å². The molecule has 1 heterocycles. The minimum absolute atomic E-state index is 0.0129. The number of benzene rings is 3. The molecular formula is C23H17FN2O5S2. The van der Waals surface area contributed by atoms with Crippen LogP contribution in [0.25, 0.3) is 10.9 Å². The van der Waals surface area contributed by atoms with E-state index in [2.05, 4.69) is 0 Å². The molecule has 0 amide bonds. The molecule has 0 bridgehead atoms. The second kappa shape index (κ2) is 8.03. The van der Waals surface area contributed by atoms with Crippen molar-refractivity contribution in [1.29, 1.82) is 5.26 Å². The summed E-state index contributed by atoms with van der Waals surface area (Å²) in [6.07, 6.45) is 2.06. The van der Waals surface area contributed by atoms with Crippen LogP contribution in [0.2, 0.25) is 0 Å². The zero-order valence-corrected chi connectivity index (χ0v) is 19.1. The zero-order valence-electron chi connectivity index (χ0n) is 17.5. The first kappa shape index (κ1) is 22.5. The van der Waals surface area contributed by atoms with Crippen molar-refractivity contribution in [3.63, 3.8) is 0 Å². The molecule has 0 radical (unpaired) electrons. The van der Waals surface area contributed by atoms with E-state index in [0.717, 1.165) is 21.9 Å². The lowest BCUT2D eigenvalue weighted by atomic mass is 10.2. The molecule has 0 N–H and O–H groups in total. The van der Waals surface area contributed by atoms with E-state index in [1.165, 1.54) is 48.7 Å². The fraction of sp³-hybridized carbons (Fsp3) is 0.0870. The zero-order chi connectivity index (χ0) is 24.0. The predicted octanol–water partition coefficient (Wildman–Crippen LogP) is 4.39. The quantitative estimate of drug-likeness (QED) is 0.416. The molecule has 168 valence electrons. The maximum absolute atomic E-state index is 15.2. The molecule has 0 fully saturated rings. The maximum atomic E-state index is 15.2. The van der Waals surface area contributed by atoms with Gasteiger partial charge in [0.05, 0.1) is 22.0 Å². The Morgan fingerprint density at radius 2 is 1.70 bits per heavy atom. The summed E-state index contributed by atoms with van der Waals surface area (Å²) in [6.45, 7) is 1.81. The summed E-state index contributed by atoms with van der Waals surface area (Å²) in [4.78, 5) is -0.515. The number of nitrogens with zero attached hydrogens (tertiary/aromatic N) is 2. The van der Waals surface area contributed by atoms with Gasteiger partial charge in [-0.05, 0) is 43.3 Å². The third kappa shape index (κ3) is 4.08. The first-order valence-corrected chi connectivity index (χ1v) is 12.9. The Kier molecular flexibility index (Phi) is 5.47. The van der Waals surface area contributed by atoms with Gasteiger partial charge in [0, 0.05) is 23.9 Å². The first-order chi connectivity index (χ1) is 15.5. The molecule has 0 saturated carbocycles. The summed E-state index contributed by atoms with van der Waals surface area (Å²) in [5.41, 5.74) is 0.954. The molecular weight excluding hydrogens is 467 g/mol. The number of nitriles is 1. The Balaban J connectivity index is 1.95. The predicted molar refractivity (Wildman–Crippen MR) is 120 cm³/mol. The van der Waals surface area contributed by atoms with Gasteiger partial charge in [0.1, 0.15) is 10.6 Å². The molecule has 0 aliphatic rings. The molecule has 33 heavy (non-hydrogen) atoms. The Hall–Kier alpha value is -3.68. The Morgan fingerprint density at radius 1 is 1.00 bits per heavy atom. The monoisotopic (exact) mass is 484 g/mol. The first-order valence-electron chi connectivity index (χ1n) is 9.56. The minimum Gasteiger partial charge on any atom is -0.453 e. The van der Waals surface area contributed by atoms with Crippen LogP contribution in [0.1, 0.15) is 11.1 Å². The van der Waals surface area contributed by atoms with Crippen molar-refractivity contribution in [2.24, 2.45) is 0 Å². The van der Waals surface area contributed by atoms with E-state index in [0.29, 0.717) is 0 Å². The number of hydrogen-bond donors (Lipinski definition) is 0. The second-order valence-corrected chi connectivity index (χ2v) is 11.2. The largest absolute Gasteiger partial charge is 0.453 e. The summed E-state index contributed by atoms with van der Waals surface area (Å²) in [6, 6.07) is 16.0. The molecule has 4 aromatic rings. The minimum atomic E-state index is -4.12. The molecule has 0 aliphatic carbocycles. The lowest BCUT2D eigenvalue weighted by molar-refractivity contribution is 0.430. The highest BCUT2D eigenvalue weighted by atomic mass is 32.2. The number of halogens is 1. The summed E-state index contributed by atoms with van der Waals surface area (Å²) in [5, 5.41) is 9.05. The van der Waals surface area contributed by atoms with Crippen molar-refractivity contribution in [1.82, 2.24) is 3.97 Å². The van der Waals surface area contributed by atoms with Gasteiger partial charge in [-0.2, -0.15) is 5.26 Å². The van der Waals surface area contributed by atoms with Gasteiger partial charge >= 0.3 is 0 Å². The van der Waals surface area contributed by atoms with Gasteiger partial charge in [0.15, 0.2) is 21.4 Å². The van der Waals surface area contributed by atoms with Gasteiger partial charge in [-0.1, -0.05) is 23.8 Å². The number of ether oxygens (including phenoxy) is 1. The van der Waals surface area contributed by atoms with E-state index in [1.54, 1.807) is 12.1 Å². The highest BCUT2D eigenvalue weighted by Crippen LogP contribution is 2.39. The molecule has 0 unspecified atom stereocenters. The number of rotatable bonds is 5. The van der Waals surface area contributed by atoms with E-state index in [-0.39, 0.29) is 27.1 Å². The van der Waals surface area contributed by atoms with Crippen LogP contribution in [0.3, 0.4) is 0 Å². The number of fused-ring (bicyclic) bond motifs is 1. The van der Waals surface area contributed by atoms with Crippen LogP contribution < -0.4 is 4.74 Å². The highest BCUT2D eigenvalue weighted by Gasteiger charge is 2.28. The summed E-state index contributed by atoms with van der Waals surface area (Å²) < 4.78 is 73.2. The third-order valence-electron chi connectivity index (χ3n) is 4.95. The van der Waals surface area contributed by atoms with Gasteiger partial charge in [0.2, 0.25) is 0 Å². The van der Waals surface area contributed by atoms with E-state index in [9.17, 15) is 16.8 Å². The van der Waals surface area contributed by atoms with E-state index >= 15 is 4.39 Å². The van der Waals surface area contributed by atoms with E-state index in [4.69, 9.17) is 10.00 Å². The molecule has 0 aliphatic heterocycles. The van der Waals surface area contributed by atoms with Crippen LogP contribution in [0, 0.1) is 24.1 Å². The van der Waals surface area contributed by atoms with Crippen LogP contribution in [-0.2, 0) is 19.9 Å². The normalized spacial score (nSPS) is 11.9. The molecule has 4 rings (SSSR count). The van der Waals surface area contributed by atoms with Gasteiger partial charge < -0.3 is 4.74 Å². The lowest BCUT2D eigenvalue weighted by Crippen LogP contribution is -2.12. The summed E-state index contributed by atoms with van der Waals surface area (Å²) in [7, 11) is -8.18. The van der Waals surface area contributed by atoms with Crippen molar-refractivity contribution in [3.8, 4) is 17.6 Å². The third-order valence-corrected chi connectivity index (χ3v) is 7.80. The van der Waals surface area contributed by atoms with Crippen LogP contribution in [0.15, 0.2) is 76.7 Å². The second-order valence-electron chi connectivity index (χ2n) is 7.39. The average Bonchev–Trinajstić information content (AvgIpc) is 3.17. The Morgan fingerprint density at radius 3 is 2.33 bits per heavy atom. The number of hydrogen-bond acceptors (Lipinski definition) is 6. The SMILES string of the molecule is Cc1ccc(S(=O)(=O)n2ccc3c(S(C)(=O)=O)c(Oc4cccc(C#N)c4)c(F)cc32)cc1. The van der Waals surface area contributed by atoms with E-state index < -0.39 is 36.3 Å². The number of aryl methyl sites for hydroxylation is 1. The van der Waals surface area contributed by atoms with Crippen LogP contribution in [0.5, 0.6) is 11.5 Å².